The molecule has 1 atom stereocenters. The van der Waals surface area contributed by atoms with Crippen LogP contribution in [0.15, 0.2) is 4.99 Å². The number of nitrogens with zero attached hydrogens (tertiary/aromatic N) is 1. The first-order chi connectivity index (χ1) is 7.88. The Morgan fingerprint density at radius 1 is 1.38 bits per heavy atom. The van der Waals surface area contributed by atoms with Crippen LogP contribution in [0.5, 0.6) is 0 Å². The molecule has 0 bridgehead atoms. The van der Waals surface area contributed by atoms with Crippen LogP contribution in [0, 0.1) is 5.92 Å². The summed E-state index contributed by atoms with van der Waals surface area (Å²) in [5.74, 6) is 1.96. The average Bonchev–Trinajstić information content (AvgIpc) is 2.38. The Bertz CT molecular complexity index is 239. The third-order valence-corrected chi connectivity index (χ3v) is 4.32. The molecule has 0 radical (unpaired) electrons. The summed E-state index contributed by atoms with van der Waals surface area (Å²) in [5, 5.41) is 4.70. The molecule has 3 nitrogen and oxygen atoms in total. The molecule has 0 aliphatic carbocycles. The van der Waals surface area contributed by atoms with Crippen molar-refractivity contribution in [1.82, 2.24) is 5.32 Å². The highest BCUT2D eigenvalue weighted by Gasteiger charge is 2.17. The molecule has 16 heavy (non-hydrogen) atoms. The van der Waals surface area contributed by atoms with Crippen LogP contribution >= 0.6 is 11.8 Å². The molecule has 0 spiro atoms. The van der Waals surface area contributed by atoms with Gasteiger partial charge in [0, 0.05) is 31.6 Å². The summed E-state index contributed by atoms with van der Waals surface area (Å²) in [7, 11) is 0. The Morgan fingerprint density at radius 2 is 2.19 bits per heavy atom. The zero-order chi connectivity index (χ0) is 11.2. The molecule has 2 aliphatic rings. The maximum absolute atomic E-state index is 5.36. The predicted molar refractivity (Wildman–Crippen MR) is 70.1 cm³/mol. The minimum Gasteiger partial charge on any atom is -0.381 e. The van der Waals surface area contributed by atoms with Crippen molar-refractivity contribution in [3.05, 3.63) is 0 Å². The van der Waals surface area contributed by atoms with Gasteiger partial charge >= 0.3 is 0 Å². The number of nitrogens with one attached hydrogen (secondary N) is 1. The third kappa shape index (κ3) is 3.67. The van der Waals surface area contributed by atoms with E-state index >= 15 is 0 Å². The highest BCUT2D eigenvalue weighted by Crippen LogP contribution is 2.18. The van der Waals surface area contributed by atoms with Crippen LogP contribution in [0.25, 0.3) is 0 Å². The van der Waals surface area contributed by atoms with Crippen molar-refractivity contribution >= 4 is 16.9 Å². The Kier molecular flexibility index (Phi) is 4.97. The second-order valence-corrected chi connectivity index (χ2v) is 5.67. The zero-order valence-electron chi connectivity index (χ0n) is 10.1. The van der Waals surface area contributed by atoms with Crippen molar-refractivity contribution in [3.63, 3.8) is 0 Å². The molecule has 1 unspecified atom stereocenters. The smallest absolute Gasteiger partial charge is 0.156 e. The van der Waals surface area contributed by atoms with E-state index in [0.29, 0.717) is 6.04 Å². The van der Waals surface area contributed by atoms with E-state index in [1.54, 1.807) is 0 Å². The highest BCUT2D eigenvalue weighted by molar-refractivity contribution is 8.13. The maximum Gasteiger partial charge on any atom is 0.156 e. The number of amidine groups is 1. The Balaban J connectivity index is 1.77. The SMILES string of the molecule is CCC1CCSC(=NCC2CCOCC2)N1. The van der Waals surface area contributed by atoms with Crippen molar-refractivity contribution < 1.29 is 4.74 Å². The van der Waals surface area contributed by atoms with Crippen molar-refractivity contribution in [2.24, 2.45) is 10.9 Å². The summed E-state index contributed by atoms with van der Waals surface area (Å²) in [4.78, 5) is 4.72. The third-order valence-electron chi connectivity index (χ3n) is 3.36. The van der Waals surface area contributed by atoms with Gasteiger partial charge in [0.1, 0.15) is 0 Å². The molecule has 1 N–H and O–H groups in total. The molecule has 0 amide bonds. The quantitative estimate of drug-likeness (QED) is 0.824. The van der Waals surface area contributed by atoms with E-state index in [9.17, 15) is 0 Å². The van der Waals surface area contributed by atoms with Gasteiger partial charge in [-0.1, -0.05) is 18.7 Å². The van der Waals surface area contributed by atoms with Crippen molar-refractivity contribution in [2.75, 3.05) is 25.5 Å². The standard InChI is InChI=1S/C12H22N2OS/c1-2-11-5-8-16-12(14-11)13-9-10-3-6-15-7-4-10/h10-11H,2-9H2,1H3,(H,13,14). The maximum atomic E-state index is 5.36. The van der Waals surface area contributed by atoms with Gasteiger partial charge in [0.15, 0.2) is 5.17 Å². The first-order valence-corrected chi connectivity index (χ1v) is 7.38. The lowest BCUT2D eigenvalue weighted by Gasteiger charge is -2.25. The number of thioether (sulfide) groups is 1. The summed E-state index contributed by atoms with van der Waals surface area (Å²) in [6.45, 7) is 5.07. The van der Waals surface area contributed by atoms with Crippen molar-refractivity contribution in [1.29, 1.82) is 0 Å². The van der Waals surface area contributed by atoms with E-state index in [-0.39, 0.29) is 0 Å². The van der Waals surface area contributed by atoms with Gasteiger partial charge in [-0.15, -0.1) is 0 Å². The van der Waals surface area contributed by atoms with E-state index in [2.05, 4.69) is 12.2 Å². The van der Waals surface area contributed by atoms with Crippen LogP contribution in [0.3, 0.4) is 0 Å². The first-order valence-electron chi connectivity index (χ1n) is 6.40. The lowest BCUT2D eigenvalue weighted by atomic mass is 10.0. The van der Waals surface area contributed by atoms with Gasteiger partial charge in [0.05, 0.1) is 0 Å². The molecule has 92 valence electrons. The molecule has 2 rings (SSSR count). The van der Waals surface area contributed by atoms with Gasteiger partial charge in [-0.05, 0) is 31.6 Å². The fourth-order valence-electron chi connectivity index (χ4n) is 2.12. The van der Waals surface area contributed by atoms with Crippen LogP contribution in [0.2, 0.25) is 0 Å². The summed E-state index contributed by atoms with van der Waals surface area (Å²) in [6, 6.07) is 0.648. The van der Waals surface area contributed by atoms with Gasteiger partial charge in [-0.25, -0.2) is 0 Å². The molecule has 2 fully saturated rings. The second-order valence-electron chi connectivity index (χ2n) is 4.59. The normalized spacial score (nSPS) is 30.3. The van der Waals surface area contributed by atoms with Crippen molar-refractivity contribution in [2.45, 2.75) is 38.6 Å². The monoisotopic (exact) mass is 242 g/mol. The van der Waals surface area contributed by atoms with E-state index < -0.39 is 0 Å². The number of rotatable bonds is 3. The number of aliphatic imine (C=N–C) groups is 1. The Labute approximate surface area is 102 Å². The molecule has 4 heteroatoms. The molecule has 0 aromatic rings. The zero-order valence-corrected chi connectivity index (χ0v) is 10.9. The fraction of sp³-hybridized carbons (Fsp3) is 0.917. The van der Waals surface area contributed by atoms with Gasteiger partial charge < -0.3 is 10.1 Å². The van der Waals surface area contributed by atoms with Gasteiger partial charge in [-0.2, -0.15) is 0 Å². The summed E-state index contributed by atoms with van der Waals surface area (Å²) in [6.07, 6.45) is 4.84. The molecule has 0 aromatic heterocycles. The highest BCUT2D eigenvalue weighted by atomic mass is 32.2. The van der Waals surface area contributed by atoms with Gasteiger partial charge in [0.2, 0.25) is 0 Å². The molecular formula is C12H22N2OS. The van der Waals surface area contributed by atoms with Gasteiger partial charge in [-0.3, -0.25) is 4.99 Å². The Hall–Kier alpha value is -0.220. The minimum atomic E-state index is 0.648. The van der Waals surface area contributed by atoms with Crippen molar-refractivity contribution in [3.8, 4) is 0 Å². The largest absolute Gasteiger partial charge is 0.381 e. The van der Waals surface area contributed by atoms with Crippen LogP contribution in [0.4, 0.5) is 0 Å². The number of hydrogen-bond donors (Lipinski definition) is 1. The molecular weight excluding hydrogens is 220 g/mol. The topological polar surface area (TPSA) is 33.6 Å². The Morgan fingerprint density at radius 3 is 2.94 bits per heavy atom. The molecule has 2 saturated heterocycles. The molecule has 2 aliphatic heterocycles. The predicted octanol–water partition coefficient (Wildman–Crippen LogP) is 2.27. The van der Waals surface area contributed by atoms with E-state index in [1.165, 1.54) is 36.6 Å². The molecule has 2 heterocycles. The summed E-state index contributed by atoms with van der Waals surface area (Å²) < 4.78 is 5.36. The van der Waals surface area contributed by atoms with E-state index in [1.807, 2.05) is 11.8 Å². The average molecular weight is 242 g/mol. The number of hydrogen-bond acceptors (Lipinski definition) is 3. The van der Waals surface area contributed by atoms with E-state index in [4.69, 9.17) is 9.73 Å². The van der Waals surface area contributed by atoms with Gasteiger partial charge in [0.25, 0.3) is 0 Å². The summed E-state index contributed by atoms with van der Waals surface area (Å²) in [5.41, 5.74) is 0. The number of ether oxygens (including phenoxy) is 1. The van der Waals surface area contributed by atoms with E-state index in [0.717, 1.165) is 25.7 Å². The molecule has 0 aromatic carbocycles. The van der Waals surface area contributed by atoms with Crippen LogP contribution < -0.4 is 5.32 Å². The second kappa shape index (κ2) is 6.50. The minimum absolute atomic E-state index is 0.648. The van der Waals surface area contributed by atoms with Crippen LogP contribution in [-0.2, 0) is 4.74 Å². The summed E-state index contributed by atoms with van der Waals surface area (Å²) >= 11 is 1.88. The fourth-order valence-corrected chi connectivity index (χ4v) is 3.14. The van der Waals surface area contributed by atoms with Crippen LogP contribution in [0.1, 0.15) is 32.6 Å². The van der Waals surface area contributed by atoms with Crippen LogP contribution in [-0.4, -0.2) is 36.7 Å². The molecule has 0 saturated carbocycles. The first kappa shape index (κ1) is 12.2. The lowest BCUT2D eigenvalue weighted by Crippen LogP contribution is -2.37. The lowest BCUT2D eigenvalue weighted by molar-refractivity contribution is 0.0689.